The molecule has 23 heavy (non-hydrogen) atoms. The van der Waals surface area contributed by atoms with Gasteiger partial charge in [-0.1, -0.05) is 11.8 Å². The van der Waals surface area contributed by atoms with Crippen LogP contribution in [0.25, 0.3) is 0 Å². The summed E-state index contributed by atoms with van der Waals surface area (Å²) in [7, 11) is 0. The highest BCUT2D eigenvalue weighted by molar-refractivity contribution is 7.99. The Hall–Kier alpha value is -0.950. The van der Waals surface area contributed by atoms with Crippen molar-refractivity contribution in [2.45, 2.75) is 24.9 Å². The fourth-order valence-corrected chi connectivity index (χ4v) is 4.50. The van der Waals surface area contributed by atoms with Crippen molar-refractivity contribution in [3.63, 3.8) is 0 Å². The van der Waals surface area contributed by atoms with Crippen LogP contribution in [0.5, 0.6) is 0 Å². The van der Waals surface area contributed by atoms with Gasteiger partial charge in [0.1, 0.15) is 5.82 Å². The van der Waals surface area contributed by atoms with Crippen molar-refractivity contribution >= 4 is 35.2 Å². The maximum Gasteiger partial charge on any atom is 0.225 e. The van der Waals surface area contributed by atoms with Gasteiger partial charge in [-0.25, -0.2) is 9.97 Å². The number of thioether (sulfide) groups is 2. The van der Waals surface area contributed by atoms with E-state index in [4.69, 9.17) is 0 Å². The van der Waals surface area contributed by atoms with Gasteiger partial charge in [-0.3, -0.25) is 4.79 Å². The topological polar surface area (TPSA) is 49.3 Å². The Morgan fingerprint density at radius 3 is 2.57 bits per heavy atom. The Labute approximate surface area is 146 Å². The summed E-state index contributed by atoms with van der Waals surface area (Å²) in [6.07, 6.45) is 3.86. The molecule has 126 valence electrons. The minimum absolute atomic E-state index is 0.192. The molecule has 7 heteroatoms. The first kappa shape index (κ1) is 16.9. The van der Waals surface area contributed by atoms with Crippen molar-refractivity contribution in [3.8, 4) is 0 Å². The molecule has 0 unspecified atom stereocenters. The number of carbonyl (C=O) groups is 1. The van der Waals surface area contributed by atoms with Crippen molar-refractivity contribution in [2.75, 3.05) is 48.8 Å². The highest BCUT2D eigenvalue weighted by Gasteiger charge is 2.29. The van der Waals surface area contributed by atoms with Gasteiger partial charge in [0.25, 0.3) is 0 Å². The Balaban J connectivity index is 1.59. The van der Waals surface area contributed by atoms with Crippen molar-refractivity contribution < 1.29 is 4.79 Å². The molecule has 0 aromatic carbocycles. The molecule has 0 bridgehead atoms. The standard InChI is InChI=1S/C16H24N4OS2/c1-12-11-14(18-16(17-12)22-2)19-5-3-13(4-6-19)15(21)20-7-9-23-10-8-20/h11,13H,3-10H2,1-2H3. The molecule has 0 N–H and O–H groups in total. The molecule has 2 aliphatic heterocycles. The molecular weight excluding hydrogens is 328 g/mol. The van der Waals surface area contributed by atoms with Crippen molar-refractivity contribution in [1.29, 1.82) is 0 Å². The summed E-state index contributed by atoms with van der Waals surface area (Å²) in [5.41, 5.74) is 1.00. The predicted molar refractivity (Wildman–Crippen MR) is 97.4 cm³/mol. The minimum Gasteiger partial charge on any atom is -0.356 e. The Bertz CT molecular complexity index is 555. The van der Waals surface area contributed by atoms with Crippen LogP contribution in [0, 0.1) is 12.8 Å². The summed E-state index contributed by atoms with van der Waals surface area (Å²) in [6.45, 7) is 5.67. The van der Waals surface area contributed by atoms with Gasteiger partial charge in [-0.2, -0.15) is 11.8 Å². The van der Waals surface area contributed by atoms with E-state index >= 15 is 0 Å². The van der Waals surface area contributed by atoms with E-state index in [-0.39, 0.29) is 5.92 Å². The molecule has 0 saturated carbocycles. The number of hydrogen-bond donors (Lipinski definition) is 0. The third-order valence-electron chi connectivity index (χ3n) is 4.49. The van der Waals surface area contributed by atoms with Gasteiger partial charge >= 0.3 is 0 Å². The van der Waals surface area contributed by atoms with Crippen LogP contribution < -0.4 is 4.90 Å². The maximum atomic E-state index is 12.6. The zero-order valence-corrected chi connectivity index (χ0v) is 15.5. The molecular formula is C16H24N4OS2. The monoisotopic (exact) mass is 352 g/mol. The van der Waals surface area contributed by atoms with Gasteiger partial charge in [-0.15, -0.1) is 0 Å². The molecule has 1 aromatic heterocycles. The lowest BCUT2D eigenvalue weighted by Gasteiger charge is -2.36. The molecule has 0 aliphatic carbocycles. The minimum atomic E-state index is 0.192. The lowest BCUT2D eigenvalue weighted by Crippen LogP contribution is -2.45. The zero-order chi connectivity index (χ0) is 16.2. The number of hydrogen-bond acceptors (Lipinski definition) is 6. The van der Waals surface area contributed by atoms with Gasteiger partial charge in [0.05, 0.1) is 0 Å². The van der Waals surface area contributed by atoms with Gasteiger partial charge in [0, 0.05) is 55.4 Å². The van der Waals surface area contributed by atoms with Crippen LogP contribution in [0.2, 0.25) is 0 Å². The predicted octanol–water partition coefficient (Wildman–Crippen LogP) is 2.30. The SMILES string of the molecule is CSc1nc(C)cc(N2CCC(C(=O)N3CCSCC3)CC2)n1. The van der Waals surface area contributed by atoms with E-state index in [0.717, 1.165) is 67.2 Å². The second-order valence-corrected chi connectivity index (χ2v) is 8.05. The molecule has 2 aliphatic rings. The van der Waals surface area contributed by atoms with Crippen LogP contribution in [0.4, 0.5) is 5.82 Å². The van der Waals surface area contributed by atoms with E-state index in [0.29, 0.717) is 5.91 Å². The Morgan fingerprint density at radius 2 is 1.91 bits per heavy atom. The molecule has 5 nitrogen and oxygen atoms in total. The first-order valence-electron chi connectivity index (χ1n) is 8.18. The van der Waals surface area contributed by atoms with Gasteiger partial charge < -0.3 is 9.80 Å². The number of piperidine rings is 1. The first-order chi connectivity index (χ1) is 11.2. The lowest BCUT2D eigenvalue weighted by atomic mass is 9.95. The number of carbonyl (C=O) groups excluding carboxylic acids is 1. The second-order valence-electron chi connectivity index (χ2n) is 6.05. The molecule has 0 radical (unpaired) electrons. The number of nitrogens with zero attached hydrogens (tertiary/aromatic N) is 4. The van der Waals surface area contributed by atoms with Crippen LogP contribution in [-0.4, -0.2) is 64.7 Å². The molecule has 2 fully saturated rings. The molecule has 3 rings (SSSR count). The second kappa shape index (κ2) is 7.75. The number of aryl methyl sites for hydroxylation is 1. The molecule has 3 heterocycles. The summed E-state index contributed by atoms with van der Waals surface area (Å²) >= 11 is 3.52. The summed E-state index contributed by atoms with van der Waals surface area (Å²) in [5.74, 6) is 3.73. The van der Waals surface area contributed by atoms with Gasteiger partial charge in [0.15, 0.2) is 5.16 Å². The third kappa shape index (κ3) is 4.12. The summed E-state index contributed by atoms with van der Waals surface area (Å²) in [6, 6.07) is 2.05. The third-order valence-corrected chi connectivity index (χ3v) is 5.98. The first-order valence-corrected chi connectivity index (χ1v) is 10.6. The molecule has 1 amide bonds. The molecule has 0 spiro atoms. The van der Waals surface area contributed by atoms with Crippen molar-refractivity contribution in [3.05, 3.63) is 11.8 Å². The van der Waals surface area contributed by atoms with Gasteiger partial charge in [-0.05, 0) is 26.0 Å². The Kier molecular flexibility index (Phi) is 5.69. The molecule has 2 saturated heterocycles. The van der Waals surface area contributed by atoms with Gasteiger partial charge in [0.2, 0.25) is 5.91 Å². The fraction of sp³-hybridized carbons (Fsp3) is 0.688. The average molecular weight is 353 g/mol. The Morgan fingerprint density at radius 1 is 1.22 bits per heavy atom. The zero-order valence-electron chi connectivity index (χ0n) is 13.8. The van der Waals surface area contributed by atoms with Crippen LogP contribution in [0.1, 0.15) is 18.5 Å². The summed E-state index contributed by atoms with van der Waals surface area (Å²) in [4.78, 5) is 26.0. The normalized spacial score (nSPS) is 19.9. The lowest BCUT2D eigenvalue weighted by molar-refractivity contribution is -0.135. The van der Waals surface area contributed by atoms with E-state index in [2.05, 4.69) is 19.8 Å². The van der Waals surface area contributed by atoms with Crippen LogP contribution in [0.15, 0.2) is 11.2 Å². The highest BCUT2D eigenvalue weighted by atomic mass is 32.2. The average Bonchev–Trinajstić information content (AvgIpc) is 2.61. The van der Waals surface area contributed by atoms with E-state index < -0.39 is 0 Å². The molecule has 0 atom stereocenters. The largest absolute Gasteiger partial charge is 0.356 e. The van der Waals surface area contributed by atoms with Crippen molar-refractivity contribution in [2.24, 2.45) is 5.92 Å². The summed E-state index contributed by atoms with van der Waals surface area (Å²) in [5, 5.41) is 0.823. The molecule has 1 aromatic rings. The van der Waals surface area contributed by atoms with E-state index in [1.165, 1.54) is 0 Å². The number of amides is 1. The quantitative estimate of drug-likeness (QED) is 0.614. The summed E-state index contributed by atoms with van der Waals surface area (Å²) < 4.78 is 0. The maximum absolute atomic E-state index is 12.6. The van der Waals surface area contributed by atoms with E-state index in [1.54, 1.807) is 11.8 Å². The number of aromatic nitrogens is 2. The number of rotatable bonds is 3. The van der Waals surface area contributed by atoms with Crippen molar-refractivity contribution in [1.82, 2.24) is 14.9 Å². The van der Waals surface area contributed by atoms with Crippen LogP contribution >= 0.6 is 23.5 Å². The smallest absolute Gasteiger partial charge is 0.225 e. The van der Waals surface area contributed by atoms with Crippen LogP contribution in [0.3, 0.4) is 0 Å². The highest BCUT2D eigenvalue weighted by Crippen LogP contribution is 2.26. The van der Waals surface area contributed by atoms with E-state index in [1.807, 2.05) is 31.0 Å². The van der Waals surface area contributed by atoms with Crippen LogP contribution in [-0.2, 0) is 4.79 Å². The van der Waals surface area contributed by atoms with E-state index in [9.17, 15) is 4.79 Å². The number of anilines is 1. The fourth-order valence-electron chi connectivity index (χ4n) is 3.18.